The van der Waals surface area contributed by atoms with E-state index in [1.165, 1.54) is 71.2 Å². The van der Waals surface area contributed by atoms with E-state index in [-0.39, 0.29) is 0 Å². The van der Waals surface area contributed by atoms with Crippen molar-refractivity contribution in [3.63, 3.8) is 0 Å². The molecule has 1 heterocycles. The minimum absolute atomic E-state index is 0.777. The van der Waals surface area contributed by atoms with Gasteiger partial charge in [-0.1, -0.05) is 47.0 Å². The fourth-order valence-electron chi connectivity index (χ4n) is 3.23. The van der Waals surface area contributed by atoms with Gasteiger partial charge in [-0.15, -0.1) is 0 Å². The Morgan fingerprint density at radius 1 is 1.15 bits per heavy atom. The summed E-state index contributed by atoms with van der Waals surface area (Å²) in [7, 11) is 0. The minimum atomic E-state index is 0.777. The molecule has 1 N–H and O–H groups in total. The molecule has 0 aromatic heterocycles. The Hall–Kier alpha value is -0.0800. The number of hydrogen-bond donors (Lipinski definition) is 1. The lowest BCUT2D eigenvalue weighted by Gasteiger charge is -2.34. The molecule has 1 fully saturated rings. The Labute approximate surface area is 127 Å². The van der Waals surface area contributed by atoms with Gasteiger partial charge in [0, 0.05) is 6.54 Å². The maximum Gasteiger partial charge on any atom is 0.000956 e. The second kappa shape index (κ2) is 10.6. The van der Waals surface area contributed by atoms with Crippen molar-refractivity contribution in [3.05, 3.63) is 0 Å². The number of nitrogens with one attached hydrogen (secondary N) is 1. The Balaban J connectivity index is 2.14. The van der Waals surface area contributed by atoms with Gasteiger partial charge in [-0.2, -0.15) is 0 Å². The van der Waals surface area contributed by atoms with Crippen LogP contribution in [-0.4, -0.2) is 37.6 Å². The van der Waals surface area contributed by atoms with Crippen LogP contribution in [0.4, 0.5) is 0 Å². The molecule has 0 saturated carbocycles. The summed E-state index contributed by atoms with van der Waals surface area (Å²) in [5, 5.41) is 3.63. The highest BCUT2D eigenvalue weighted by Crippen LogP contribution is 2.20. The zero-order valence-corrected chi connectivity index (χ0v) is 14.5. The first-order valence-electron chi connectivity index (χ1n) is 9.08. The smallest absolute Gasteiger partial charge is 0.000956 e. The quantitative estimate of drug-likeness (QED) is 0.647. The number of nitrogens with zero attached hydrogens (tertiary/aromatic N) is 1. The van der Waals surface area contributed by atoms with Crippen molar-refractivity contribution in [2.75, 3.05) is 32.7 Å². The van der Waals surface area contributed by atoms with Crippen LogP contribution in [0.15, 0.2) is 0 Å². The summed E-state index contributed by atoms with van der Waals surface area (Å²) in [5.41, 5.74) is 0. The molecule has 1 rings (SSSR count). The van der Waals surface area contributed by atoms with Gasteiger partial charge in [-0.3, -0.25) is 0 Å². The third-order valence-corrected chi connectivity index (χ3v) is 4.75. The lowest BCUT2D eigenvalue weighted by molar-refractivity contribution is 0.153. The van der Waals surface area contributed by atoms with Crippen molar-refractivity contribution in [1.29, 1.82) is 0 Å². The topological polar surface area (TPSA) is 15.3 Å². The standard InChI is InChI=1S/C18H38N2/c1-5-7-8-17(6-2)15-20-11-9-18(10-12-20)14-19-13-16(3)4/h16-19H,5-15H2,1-4H3. The van der Waals surface area contributed by atoms with E-state index in [1.54, 1.807) is 0 Å². The molecule has 1 aliphatic heterocycles. The molecule has 2 nitrogen and oxygen atoms in total. The Kier molecular flexibility index (Phi) is 9.54. The molecule has 1 unspecified atom stereocenters. The second-order valence-corrected chi connectivity index (χ2v) is 7.21. The summed E-state index contributed by atoms with van der Waals surface area (Å²) in [6, 6.07) is 0. The van der Waals surface area contributed by atoms with Crippen LogP contribution in [0.5, 0.6) is 0 Å². The Morgan fingerprint density at radius 2 is 1.85 bits per heavy atom. The monoisotopic (exact) mass is 282 g/mol. The minimum Gasteiger partial charge on any atom is -0.316 e. The zero-order chi connectivity index (χ0) is 14.8. The average molecular weight is 283 g/mol. The molecule has 0 aromatic rings. The lowest BCUT2D eigenvalue weighted by atomic mass is 9.93. The molecule has 0 aliphatic carbocycles. The summed E-state index contributed by atoms with van der Waals surface area (Å²) in [6.07, 6.45) is 8.34. The molecule has 0 aromatic carbocycles. The third-order valence-electron chi connectivity index (χ3n) is 4.75. The molecule has 1 aliphatic rings. The van der Waals surface area contributed by atoms with E-state index in [9.17, 15) is 0 Å². The summed E-state index contributed by atoms with van der Waals surface area (Å²) >= 11 is 0. The summed E-state index contributed by atoms with van der Waals surface area (Å²) in [4.78, 5) is 2.72. The number of hydrogen-bond acceptors (Lipinski definition) is 2. The van der Waals surface area contributed by atoms with Crippen molar-refractivity contribution in [3.8, 4) is 0 Å². The second-order valence-electron chi connectivity index (χ2n) is 7.21. The number of rotatable bonds is 10. The summed E-state index contributed by atoms with van der Waals surface area (Å²) in [6.45, 7) is 15.7. The van der Waals surface area contributed by atoms with Crippen molar-refractivity contribution in [1.82, 2.24) is 10.2 Å². The maximum atomic E-state index is 3.63. The van der Waals surface area contributed by atoms with Crippen LogP contribution in [0.1, 0.15) is 66.2 Å². The molecular weight excluding hydrogens is 244 g/mol. The molecule has 2 heteroatoms. The molecule has 0 bridgehead atoms. The predicted octanol–water partition coefficient (Wildman–Crippen LogP) is 4.16. The van der Waals surface area contributed by atoms with Crippen LogP contribution >= 0.6 is 0 Å². The van der Waals surface area contributed by atoms with E-state index in [0.717, 1.165) is 17.8 Å². The summed E-state index contributed by atoms with van der Waals surface area (Å²) < 4.78 is 0. The van der Waals surface area contributed by atoms with Gasteiger partial charge in [0.1, 0.15) is 0 Å². The molecule has 0 radical (unpaired) electrons. The molecular formula is C18H38N2. The van der Waals surface area contributed by atoms with Crippen LogP contribution in [0, 0.1) is 17.8 Å². The fourth-order valence-corrected chi connectivity index (χ4v) is 3.23. The van der Waals surface area contributed by atoms with Gasteiger partial charge < -0.3 is 10.2 Å². The van der Waals surface area contributed by atoms with Gasteiger partial charge in [0.15, 0.2) is 0 Å². The molecule has 1 atom stereocenters. The normalized spacial score (nSPS) is 19.6. The fraction of sp³-hybridized carbons (Fsp3) is 1.00. The van der Waals surface area contributed by atoms with Gasteiger partial charge in [-0.05, 0) is 63.2 Å². The molecule has 1 saturated heterocycles. The van der Waals surface area contributed by atoms with Crippen molar-refractivity contribution < 1.29 is 0 Å². The number of piperidine rings is 1. The number of unbranched alkanes of at least 4 members (excludes halogenated alkanes) is 1. The van der Waals surface area contributed by atoms with Crippen LogP contribution < -0.4 is 5.32 Å². The maximum absolute atomic E-state index is 3.63. The van der Waals surface area contributed by atoms with Gasteiger partial charge in [0.05, 0.1) is 0 Å². The van der Waals surface area contributed by atoms with E-state index >= 15 is 0 Å². The van der Waals surface area contributed by atoms with Crippen LogP contribution in [0.2, 0.25) is 0 Å². The SMILES string of the molecule is CCCCC(CC)CN1CCC(CNCC(C)C)CC1. The van der Waals surface area contributed by atoms with Crippen LogP contribution in [0.3, 0.4) is 0 Å². The van der Waals surface area contributed by atoms with Crippen molar-refractivity contribution >= 4 is 0 Å². The van der Waals surface area contributed by atoms with Crippen molar-refractivity contribution in [2.24, 2.45) is 17.8 Å². The summed E-state index contributed by atoms with van der Waals surface area (Å²) in [5.74, 6) is 2.63. The molecule has 20 heavy (non-hydrogen) atoms. The van der Waals surface area contributed by atoms with Gasteiger partial charge in [0.2, 0.25) is 0 Å². The average Bonchev–Trinajstić information content (AvgIpc) is 2.44. The molecule has 0 spiro atoms. The highest BCUT2D eigenvalue weighted by molar-refractivity contribution is 4.76. The highest BCUT2D eigenvalue weighted by atomic mass is 15.1. The third kappa shape index (κ3) is 7.64. The first kappa shape index (κ1) is 18.0. The van der Waals surface area contributed by atoms with Gasteiger partial charge in [-0.25, -0.2) is 0 Å². The van der Waals surface area contributed by atoms with E-state index < -0.39 is 0 Å². The van der Waals surface area contributed by atoms with Crippen LogP contribution in [-0.2, 0) is 0 Å². The predicted molar refractivity (Wildman–Crippen MR) is 90.2 cm³/mol. The highest BCUT2D eigenvalue weighted by Gasteiger charge is 2.20. The van der Waals surface area contributed by atoms with E-state index in [1.807, 2.05) is 0 Å². The molecule has 120 valence electrons. The Bertz CT molecular complexity index is 219. The lowest BCUT2D eigenvalue weighted by Crippen LogP contribution is -2.40. The van der Waals surface area contributed by atoms with E-state index in [4.69, 9.17) is 0 Å². The van der Waals surface area contributed by atoms with Gasteiger partial charge >= 0.3 is 0 Å². The molecule has 0 amide bonds. The van der Waals surface area contributed by atoms with Crippen molar-refractivity contribution in [2.45, 2.75) is 66.2 Å². The Morgan fingerprint density at radius 3 is 2.40 bits per heavy atom. The van der Waals surface area contributed by atoms with E-state index in [0.29, 0.717) is 0 Å². The first-order chi connectivity index (χ1) is 9.65. The first-order valence-corrected chi connectivity index (χ1v) is 9.08. The van der Waals surface area contributed by atoms with E-state index in [2.05, 4.69) is 37.9 Å². The zero-order valence-electron chi connectivity index (χ0n) is 14.5. The van der Waals surface area contributed by atoms with Gasteiger partial charge in [0.25, 0.3) is 0 Å². The largest absolute Gasteiger partial charge is 0.316 e. The number of likely N-dealkylation sites (tertiary alicyclic amines) is 1. The van der Waals surface area contributed by atoms with Crippen LogP contribution in [0.25, 0.3) is 0 Å².